The Morgan fingerprint density at radius 2 is 2.33 bits per heavy atom. The highest BCUT2D eigenvalue weighted by molar-refractivity contribution is 4.91. The zero-order valence-corrected chi connectivity index (χ0v) is 8.72. The van der Waals surface area contributed by atoms with Crippen LogP contribution in [0.15, 0.2) is 10.9 Å². The van der Waals surface area contributed by atoms with Crippen molar-refractivity contribution in [3.8, 4) is 0 Å². The van der Waals surface area contributed by atoms with Gasteiger partial charge in [-0.1, -0.05) is 5.16 Å². The molecule has 0 aromatic carbocycles. The molecule has 2 atom stereocenters. The summed E-state index contributed by atoms with van der Waals surface area (Å²) >= 11 is 0. The van der Waals surface area contributed by atoms with Crippen molar-refractivity contribution in [2.24, 2.45) is 0 Å². The Balaban J connectivity index is 1.62. The molecule has 2 aliphatic rings. The van der Waals surface area contributed by atoms with Crippen LogP contribution in [0.4, 0.5) is 0 Å². The van der Waals surface area contributed by atoms with Crippen molar-refractivity contribution in [1.82, 2.24) is 20.4 Å². The van der Waals surface area contributed by atoms with Gasteiger partial charge >= 0.3 is 0 Å². The summed E-state index contributed by atoms with van der Waals surface area (Å²) in [6.45, 7) is 3.08. The maximum Gasteiger partial charge on any atom is 0.213 e. The number of nitrogens with one attached hydrogen (secondary N) is 1. The molecule has 2 fully saturated rings. The van der Waals surface area contributed by atoms with Gasteiger partial charge in [0.2, 0.25) is 6.39 Å². The second-order valence-corrected chi connectivity index (χ2v) is 4.51. The van der Waals surface area contributed by atoms with E-state index in [1.54, 1.807) is 0 Å². The lowest BCUT2D eigenvalue weighted by atomic mass is 10.1. The molecule has 0 radical (unpaired) electrons. The van der Waals surface area contributed by atoms with Crippen LogP contribution in [-0.2, 0) is 6.54 Å². The van der Waals surface area contributed by atoms with Gasteiger partial charge in [-0.25, -0.2) is 0 Å². The van der Waals surface area contributed by atoms with Crippen molar-refractivity contribution in [2.75, 3.05) is 13.1 Å². The van der Waals surface area contributed by atoms with Crippen LogP contribution >= 0.6 is 0 Å². The molecule has 2 unspecified atom stereocenters. The van der Waals surface area contributed by atoms with Crippen molar-refractivity contribution in [2.45, 2.75) is 37.9 Å². The molecule has 0 saturated carbocycles. The summed E-state index contributed by atoms with van der Waals surface area (Å²) in [6.07, 6.45) is 5.31. The van der Waals surface area contributed by atoms with Gasteiger partial charge in [0.05, 0.1) is 6.54 Å². The van der Waals surface area contributed by atoms with Gasteiger partial charge in [-0.2, -0.15) is 4.98 Å². The van der Waals surface area contributed by atoms with Crippen molar-refractivity contribution in [3.05, 3.63) is 12.2 Å². The van der Waals surface area contributed by atoms with E-state index >= 15 is 0 Å². The zero-order chi connectivity index (χ0) is 10.1. The van der Waals surface area contributed by atoms with Crippen LogP contribution < -0.4 is 5.32 Å². The normalized spacial score (nSPS) is 31.7. The van der Waals surface area contributed by atoms with E-state index in [9.17, 15) is 0 Å². The molecule has 15 heavy (non-hydrogen) atoms. The number of hydrogen-bond acceptors (Lipinski definition) is 5. The predicted octanol–water partition coefficient (Wildman–Crippen LogP) is 0.396. The highest BCUT2D eigenvalue weighted by atomic mass is 16.5. The zero-order valence-electron chi connectivity index (χ0n) is 8.72. The summed E-state index contributed by atoms with van der Waals surface area (Å²) in [6, 6.07) is 1.41. The Morgan fingerprint density at radius 1 is 1.40 bits per heavy atom. The first-order valence-electron chi connectivity index (χ1n) is 5.64. The van der Waals surface area contributed by atoms with E-state index in [1.165, 1.54) is 25.7 Å². The third kappa shape index (κ3) is 2.03. The molecule has 1 N–H and O–H groups in total. The highest BCUT2D eigenvalue weighted by Gasteiger charge is 2.29. The molecule has 5 nitrogen and oxygen atoms in total. The van der Waals surface area contributed by atoms with Crippen LogP contribution in [0.5, 0.6) is 0 Å². The molecular weight excluding hydrogens is 192 g/mol. The lowest BCUT2D eigenvalue weighted by Crippen LogP contribution is -2.35. The first-order valence-corrected chi connectivity index (χ1v) is 5.64. The fraction of sp³-hybridized carbons (Fsp3) is 0.800. The van der Waals surface area contributed by atoms with Crippen molar-refractivity contribution in [1.29, 1.82) is 0 Å². The van der Waals surface area contributed by atoms with Gasteiger partial charge in [0.1, 0.15) is 0 Å². The Hall–Kier alpha value is -0.940. The summed E-state index contributed by atoms with van der Waals surface area (Å²) in [4.78, 5) is 6.48. The van der Waals surface area contributed by atoms with Crippen LogP contribution in [-0.4, -0.2) is 40.2 Å². The van der Waals surface area contributed by atoms with E-state index < -0.39 is 0 Å². The van der Waals surface area contributed by atoms with Gasteiger partial charge in [0.25, 0.3) is 0 Å². The summed E-state index contributed by atoms with van der Waals surface area (Å²) in [5, 5.41) is 7.51. The third-order valence-corrected chi connectivity index (χ3v) is 3.38. The average Bonchev–Trinajstić information content (AvgIpc) is 2.80. The van der Waals surface area contributed by atoms with E-state index in [4.69, 9.17) is 4.52 Å². The lowest BCUT2D eigenvalue weighted by Gasteiger charge is -2.22. The summed E-state index contributed by atoms with van der Waals surface area (Å²) in [5.74, 6) is 0.799. The molecule has 0 amide bonds. The predicted molar refractivity (Wildman–Crippen MR) is 54.1 cm³/mol. The second kappa shape index (κ2) is 3.90. The van der Waals surface area contributed by atoms with Gasteiger partial charge in [0.15, 0.2) is 5.82 Å². The van der Waals surface area contributed by atoms with Gasteiger partial charge < -0.3 is 9.84 Å². The molecule has 1 aromatic heterocycles. The topological polar surface area (TPSA) is 54.2 Å². The molecule has 3 rings (SSSR count). The minimum atomic E-state index is 0.671. The molecule has 0 spiro atoms. The minimum absolute atomic E-state index is 0.671. The fourth-order valence-corrected chi connectivity index (χ4v) is 2.62. The largest absolute Gasteiger partial charge is 0.343 e. The molecule has 2 saturated heterocycles. The second-order valence-electron chi connectivity index (χ2n) is 4.51. The Kier molecular flexibility index (Phi) is 2.42. The molecule has 3 heterocycles. The first-order chi connectivity index (χ1) is 7.40. The number of fused-ring (bicyclic) bond motifs is 2. The molecule has 82 valence electrons. The maximum atomic E-state index is 4.75. The summed E-state index contributed by atoms with van der Waals surface area (Å²) in [5.41, 5.74) is 0. The van der Waals surface area contributed by atoms with Crippen LogP contribution in [0.3, 0.4) is 0 Å². The lowest BCUT2D eigenvalue weighted by molar-refractivity contribution is 0.241. The van der Waals surface area contributed by atoms with E-state index in [-0.39, 0.29) is 0 Å². The minimum Gasteiger partial charge on any atom is -0.343 e. The standard InChI is InChI=1S/C10H16N4O/c1-2-9-5-14(4-3-8(1)12-9)6-10-11-7-15-13-10/h7-9,12H,1-6H2. The monoisotopic (exact) mass is 208 g/mol. The van der Waals surface area contributed by atoms with Crippen LogP contribution in [0.1, 0.15) is 25.1 Å². The quantitative estimate of drug-likeness (QED) is 0.762. The van der Waals surface area contributed by atoms with Gasteiger partial charge in [-0.05, 0) is 19.3 Å². The van der Waals surface area contributed by atoms with E-state index in [0.29, 0.717) is 6.04 Å². The van der Waals surface area contributed by atoms with Crippen molar-refractivity contribution in [3.63, 3.8) is 0 Å². The van der Waals surface area contributed by atoms with Crippen LogP contribution in [0, 0.1) is 0 Å². The Labute approximate surface area is 88.8 Å². The smallest absolute Gasteiger partial charge is 0.213 e. The number of hydrogen-bond donors (Lipinski definition) is 1. The molecule has 2 aliphatic heterocycles. The summed E-state index contributed by atoms with van der Waals surface area (Å²) < 4.78 is 4.75. The van der Waals surface area contributed by atoms with Gasteiger partial charge in [0, 0.05) is 25.2 Å². The first kappa shape index (κ1) is 9.30. The van der Waals surface area contributed by atoms with Crippen molar-refractivity contribution < 1.29 is 4.52 Å². The van der Waals surface area contributed by atoms with E-state index in [2.05, 4.69) is 20.4 Å². The SMILES string of the molecule is c1nc(CN2CCC3CCC(C2)N3)no1. The highest BCUT2D eigenvalue weighted by Crippen LogP contribution is 2.20. The molecular formula is C10H16N4O. The molecule has 5 heteroatoms. The molecule has 2 bridgehead atoms. The third-order valence-electron chi connectivity index (χ3n) is 3.38. The number of aromatic nitrogens is 2. The fourth-order valence-electron chi connectivity index (χ4n) is 2.62. The maximum absolute atomic E-state index is 4.75. The van der Waals surface area contributed by atoms with Crippen LogP contribution in [0.25, 0.3) is 0 Å². The Bertz CT molecular complexity index is 313. The molecule has 0 aliphatic carbocycles. The van der Waals surface area contributed by atoms with E-state index in [1.807, 2.05) is 0 Å². The van der Waals surface area contributed by atoms with E-state index in [0.717, 1.165) is 31.5 Å². The average molecular weight is 208 g/mol. The Morgan fingerprint density at radius 3 is 3.20 bits per heavy atom. The van der Waals surface area contributed by atoms with Gasteiger partial charge in [-0.15, -0.1) is 0 Å². The number of rotatable bonds is 2. The van der Waals surface area contributed by atoms with Gasteiger partial charge in [-0.3, -0.25) is 4.90 Å². The summed E-state index contributed by atoms with van der Waals surface area (Å²) in [7, 11) is 0. The number of nitrogens with zero attached hydrogens (tertiary/aromatic N) is 3. The van der Waals surface area contributed by atoms with Crippen molar-refractivity contribution >= 4 is 0 Å². The molecule has 1 aromatic rings. The number of likely N-dealkylation sites (tertiary alicyclic amines) is 1. The van der Waals surface area contributed by atoms with Crippen LogP contribution in [0.2, 0.25) is 0 Å².